The van der Waals surface area contributed by atoms with Crippen molar-refractivity contribution in [3.63, 3.8) is 0 Å². The lowest BCUT2D eigenvalue weighted by atomic mass is 9.98. The van der Waals surface area contributed by atoms with Gasteiger partial charge in [0.05, 0.1) is 20.8 Å². The van der Waals surface area contributed by atoms with Gasteiger partial charge in [-0.15, -0.1) is 0 Å². The first kappa shape index (κ1) is 29.0. The predicted molar refractivity (Wildman–Crippen MR) is 140 cm³/mol. The van der Waals surface area contributed by atoms with E-state index in [1.54, 1.807) is 27.4 Å². The van der Waals surface area contributed by atoms with E-state index >= 15 is 0 Å². The van der Waals surface area contributed by atoms with Gasteiger partial charge in [-0.1, -0.05) is 32.1 Å². The Morgan fingerprint density at radius 1 is 0.973 bits per heavy atom. The molecule has 37 heavy (non-hydrogen) atoms. The number of methoxy groups -OCH3 is 3. The number of fused-ring (bicyclic) bond motifs is 1. The molecule has 2 aliphatic rings. The lowest BCUT2D eigenvalue weighted by Crippen LogP contribution is -2.45. The molecule has 0 spiro atoms. The lowest BCUT2D eigenvalue weighted by Gasteiger charge is -2.32. The summed E-state index contributed by atoms with van der Waals surface area (Å²) in [4.78, 5) is 26.6. The Labute approximate surface area is 221 Å². The summed E-state index contributed by atoms with van der Waals surface area (Å²) in [7, 11) is 4.76. The van der Waals surface area contributed by atoms with E-state index in [1.165, 1.54) is 32.1 Å². The molecule has 2 aliphatic heterocycles. The van der Waals surface area contributed by atoms with Crippen molar-refractivity contribution in [2.24, 2.45) is 0 Å². The van der Waals surface area contributed by atoms with Gasteiger partial charge in [-0.3, -0.25) is 0 Å². The molecule has 0 aromatic heterocycles. The number of cyclic esters (lactones) is 1. The minimum absolute atomic E-state index is 0.205. The number of benzene rings is 1. The van der Waals surface area contributed by atoms with Crippen LogP contribution in [0.2, 0.25) is 0 Å². The normalized spacial score (nSPS) is 17.8. The fourth-order valence-electron chi connectivity index (χ4n) is 5.10. The molecule has 0 bridgehead atoms. The molecular weight excluding hydrogens is 476 g/mol. The maximum Gasteiger partial charge on any atom is 0.407 e. The summed E-state index contributed by atoms with van der Waals surface area (Å²) in [6, 6.07) is 3.83. The third kappa shape index (κ3) is 9.07. The molecule has 3 rings (SSSR count). The first-order valence-corrected chi connectivity index (χ1v) is 13.7. The van der Waals surface area contributed by atoms with Gasteiger partial charge in [0.15, 0.2) is 0 Å². The van der Waals surface area contributed by atoms with Crippen LogP contribution >= 0.6 is 0 Å². The highest BCUT2D eigenvalue weighted by atomic mass is 16.6. The van der Waals surface area contributed by atoms with Crippen LogP contribution in [0.1, 0.15) is 86.2 Å². The highest BCUT2D eigenvalue weighted by molar-refractivity contribution is 5.97. The van der Waals surface area contributed by atoms with Crippen LogP contribution in [0.5, 0.6) is 11.5 Å². The SMILES string of the molecule is COCCOC(=O)NC1CCN(CCCCCCCCCC2OC(=O)c3c(OC)cc(OC)cc32)CC1. The fourth-order valence-corrected chi connectivity index (χ4v) is 5.10. The van der Waals surface area contributed by atoms with Crippen LogP contribution in [-0.4, -0.2) is 77.2 Å². The smallest absolute Gasteiger partial charge is 0.407 e. The molecule has 0 saturated carbocycles. The van der Waals surface area contributed by atoms with Crippen molar-refractivity contribution < 1.29 is 33.3 Å². The highest BCUT2D eigenvalue weighted by Crippen LogP contribution is 2.41. The molecule has 208 valence electrons. The van der Waals surface area contributed by atoms with Crippen molar-refractivity contribution in [3.05, 3.63) is 23.3 Å². The number of unbranched alkanes of at least 4 members (excludes halogenated alkanes) is 6. The van der Waals surface area contributed by atoms with Crippen LogP contribution in [0.15, 0.2) is 12.1 Å². The van der Waals surface area contributed by atoms with Crippen molar-refractivity contribution in [1.82, 2.24) is 10.2 Å². The third-order valence-corrected chi connectivity index (χ3v) is 7.23. The van der Waals surface area contributed by atoms with Gasteiger partial charge in [0.2, 0.25) is 0 Å². The van der Waals surface area contributed by atoms with E-state index in [0.29, 0.717) is 23.7 Å². The standard InChI is InChI=1S/C28H44N2O7/c1-33-17-18-36-28(32)29-21-12-15-30(16-13-21)14-10-8-6-4-5-7-9-11-24-23-19-22(34-2)20-25(35-3)26(23)27(31)37-24/h19-21,24H,4-18H2,1-3H3,(H,29,32). The maximum atomic E-state index is 12.3. The predicted octanol–water partition coefficient (Wildman–Crippen LogP) is 4.87. The van der Waals surface area contributed by atoms with Crippen LogP contribution in [0, 0.1) is 0 Å². The Balaban J connectivity index is 1.20. The van der Waals surface area contributed by atoms with Crippen molar-refractivity contribution in [1.29, 1.82) is 0 Å². The van der Waals surface area contributed by atoms with Crippen LogP contribution in [0.3, 0.4) is 0 Å². The van der Waals surface area contributed by atoms with Gasteiger partial charge in [-0.2, -0.15) is 0 Å². The zero-order chi connectivity index (χ0) is 26.5. The summed E-state index contributed by atoms with van der Waals surface area (Å²) < 4.78 is 26.3. The van der Waals surface area contributed by atoms with Crippen molar-refractivity contribution >= 4 is 12.1 Å². The van der Waals surface area contributed by atoms with Crippen LogP contribution in [0.25, 0.3) is 0 Å². The molecule has 1 unspecified atom stereocenters. The number of nitrogens with zero attached hydrogens (tertiary/aromatic N) is 1. The number of ether oxygens (including phenoxy) is 5. The molecule has 1 amide bonds. The first-order valence-electron chi connectivity index (χ1n) is 13.7. The zero-order valence-corrected chi connectivity index (χ0v) is 22.7. The summed E-state index contributed by atoms with van der Waals surface area (Å²) in [5, 5.41) is 2.96. The molecule has 1 fully saturated rings. The van der Waals surface area contributed by atoms with E-state index in [9.17, 15) is 9.59 Å². The highest BCUT2D eigenvalue weighted by Gasteiger charge is 2.34. The van der Waals surface area contributed by atoms with Crippen LogP contribution < -0.4 is 14.8 Å². The van der Waals surface area contributed by atoms with E-state index in [-0.39, 0.29) is 30.8 Å². The van der Waals surface area contributed by atoms with Crippen molar-refractivity contribution in [2.75, 3.05) is 54.2 Å². The van der Waals surface area contributed by atoms with E-state index in [4.69, 9.17) is 23.7 Å². The number of carbonyl (C=O) groups is 2. The zero-order valence-electron chi connectivity index (χ0n) is 22.7. The molecule has 1 aromatic carbocycles. The molecule has 1 N–H and O–H groups in total. The molecule has 9 heteroatoms. The summed E-state index contributed by atoms with van der Waals surface area (Å²) in [5.41, 5.74) is 1.41. The maximum absolute atomic E-state index is 12.3. The molecule has 1 saturated heterocycles. The Bertz CT molecular complexity index is 855. The molecule has 2 heterocycles. The number of hydrogen-bond acceptors (Lipinski definition) is 8. The van der Waals surface area contributed by atoms with Gasteiger partial charge in [-0.25, -0.2) is 9.59 Å². The summed E-state index contributed by atoms with van der Waals surface area (Å²) in [5.74, 6) is 0.889. The van der Waals surface area contributed by atoms with Gasteiger partial charge < -0.3 is 33.9 Å². The number of carbonyl (C=O) groups excluding carboxylic acids is 2. The monoisotopic (exact) mass is 520 g/mol. The fraction of sp³-hybridized carbons (Fsp3) is 0.714. The van der Waals surface area contributed by atoms with E-state index in [2.05, 4.69) is 10.2 Å². The van der Waals surface area contributed by atoms with Gasteiger partial charge in [0.1, 0.15) is 29.8 Å². The molecule has 9 nitrogen and oxygen atoms in total. The minimum atomic E-state index is -0.343. The molecule has 0 aliphatic carbocycles. The molecule has 1 aromatic rings. The number of esters is 1. The Morgan fingerprint density at radius 2 is 1.68 bits per heavy atom. The van der Waals surface area contributed by atoms with Gasteiger partial charge in [0, 0.05) is 37.9 Å². The minimum Gasteiger partial charge on any atom is -0.497 e. The Kier molecular flexibility index (Phi) is 12.3. The number of piperidine rings is 1. The third-order valence-electron chi connectivity index (χ3n) is 7.23. The summed E-state index contributed by atoms with van der Waals surface area (Å²) >= 11 is 0. The largest absolute Gasteiger partial charge is 0.497 e. The lowest BCUT2D eigenvalue weighted by molar-refractivity contribution is 0.0361. The Morgan fingerprint density at radius 3 is 2.35 bits per heavy atom. The van der Waals surface area contributed by atoms with Gasteiger partial charge >= 0.3 is 12.1 Å². The topological polar surface area (TPSA) is 95.6 Å². The number of likely N-dealkylation sites (tertiary alicyclic amines) is 1. The van der Waals surface area contributed by atoms with Gasteiger partial charge in [0.25, 0.3) is 0 Å². The number of hydrogen-bond donors (Lipinski definition) is 1. The van der Waals surface area contributed by atoms with Crippen molar-refractivity contribution in [2.45, 2.75) is 76.4 Å². The van der Waals surface area contributed by atoms with E-state index in [0.717, 1.165) is 57.3 Å². The van der Waals surface area contributed by atoms with E-state index in [1.807, 2.05) is 6.07 Å². The van der Waals surface area contributed by atoms with Crippen LogP contribution in [-0.2, 0) is 14.2 Å². The van der Waals surface area contributed by atoms with E-state index < -0.39 is 0 Å². The average Bonchev–Trinajstić information content (AvgIpc) is 3.23. The second-order valence-electron chi connectivity index (χ2n) is 9.84. The molecule has 1 atom stereocenters. The quantitative estimate of drug-likeness (QED) is 0.244. The summed E-state index contributed by atoms with van der Waals surface area (Å²) in [6.07, 6.45) is 10.5. The second-order valence-corrected chi connectivity index (χ2v) is 9.84. The molecule has 0 radical (unpaired) electrons. The van der Waals surface area contributed by atoms with Crippen LogP contribution in [0.4, 0.5) is 4.79 Å². The van der Waals surface area contributed by atoms with Gasteiger partial charge in [-0.05, 0) is 44.7 Å². The number of alkyl carbamates (subject to hydrolysis) is 1. The second kappa shape index (κ2) is 15.7. The molecular formula is C28H44N2O7. The van der Waals surface area contributed by atoms with Crippen molar-refractivity contribution in [3.8, 4) is 11.5 Å². The first-order chi connectivity index (χ1) is 18.0. The average molecular weight is 521 g/mol. The number of rotatable bonds is 16. The Hall–Kier alpha value is -2.52. The summed E-state index contributed by atoms with van der Waals surface area (Å²) in [6.45, 7) is 3.89. The number of nitrogens with one attached hydrogen (secondary N) is 1. The number of amides is 1.